The molecule has 0 saturated carbocycles. The Kier molecular flexibility index (Phi) is 10.8. The number of amides is 2. The number of halogens is 6. The van der Waals surface area contributed by atoms with Crippen LogP contribution in [0.4, 0.5) is 33.3 Å². The van der Waals surface area contributed by atoms with Gasteiger partial charge in [-0.15, -0.1) is 15.0 Å². The topological polar surface area (TPSA) is 155 Å². The van der Waals surface area contributed by atoms with E-state index in [1.54, 1.807) is 30.8 Å². The Morgan fingerprint density at radius 3 is 2.36 bits per heavy atom. The maximum Gasteiger partial charge on any atom is 0.416 e. The van der Waals surface area contributed by atoms with E-state index in [9.17, 15) is 32.7 Å². The molecule has 2 aromatic carbocycles. The highest BCUT2D eigenvalue weighted by Crippen LogP contribution is 2.34. The van der Waals surface area contributed by atoms with Gasteiger partial charge in [-0.05, 0) is 51.7 Å². The van der Waals surface area contributed by atoms with Crippen LogP contribution in [0.1, 0.15) is 39.9 Å². The van der Waals surface area contributed by atoms with Crippen molar-refractivity contribution in [3.8, 4) is 11.4 Å². The standard InChI is InChI=1S/C35H34ClF5N10O4/c1-5-25-30(48-8-10-49(11-9-48)34(55)29-31(53)18(2)42-17-43-29)32(54)28-33(46-51(45-28)26-14-22(37)19(12-23(26)38)15-47(3)4)50(25)16-27(52)44-24-7-6-20(13-21(24)36)35(39,40)41/h6-7,12-14,17,53H,5,8-11,15-16H2,1-4H3,(H,44,52). The molecular formula is C35H34ClF5N10O4. The van der Waals surface area contributed by atoms with Gasteiger partial charge >= 0.3 is 6.18 Å². The highest BCUT2D eigenvalue weighted by Gasteiger charge is 2.33. The zero-order valence-corrected chi connectivity index (χ0v) is 30.6. The third kappa shape index (κ3) is 7.79. The van der Waals surface area contributed by atoms with Crippen molar-refractivity contribution in [1.29, 1.82) is 0 Å². The molecule has 0 unspecified atom stereocenters. The average molecular weight is 789 g/mol. The highest BCUT2D eigenvalue weighted by molar-refractivity contribution is 6.33. The van der Waals surface area contributed by atoms with Gasteiger partial charge in [-0.1, -0.05) is 18.5 Å². The molecule has 5 aromatic rings. The molecule has 0 aliphatic carbocycles. The fourth-order valence-corrected chi connectivity index (χ4v) is 6.54. The summed E-state index contributed by atoms with van der Waals surface area (Å²) in [5, 5.41) is 21.1. The minimum Gasteiger partial charge on any atom is -0.504 e. The molecule has 1 saturated heterocycles. The summed E-state index contributed by atoms with van der Waals surface area (Å²) in [7, 11) is 3.38. The van der Waals surface area contributed by atoms with E-state index in [2.05, 4.69) is 25.5 Å². The van der Waals surface area contributed by atoms with Gasteiger partial charge in [0.15, 0.2) is 28.4 Å². The lowest BCUT2D eigenvalue weighted by Gasteiger charge is -2.36. The van der Waals surface area contributed by atoms with Crippen LogP contribution in [0.25, 0.3) is 16.9 Å². The number of rotatable bonds is 9. The summed E-state index contributed by atoms with van der Waals surface area (Å²) in [6.07, 6.45) is -3.36. The van der Waals surface area contributed by atoms with Gasteiger partial charge in [0.05, 0.1) is 22.0 Å². The fraction of sp³-hybridized carbons (Fsp3) is 0.343. The van der Waals surface area contributed by atoms with Crippen LogP contribution in [0.15, 0.2) is 41.5 Å². The first-order chi connectivity index (χ1) is 26.0. The van der Waals surface area contributed by atoms with Crippen LogP contribution in [0.5, 0.6) is 5.75 Å². The molecular weight excluding hydrogens is 755 g/mol. The number of pyridine rings is 1. The van der Waals surface area contributed by atoms with Gasteiger partial charge in [0.25, 0.3) is 5.91 Å². The molecule has 0 bridgehead atoms. The second-order valence-electron chi connectivity index (χ2n) is 13.0. The second-order valence-corrected chi connectivity index (χ2v) is 13.4. The van der Waals surface area contributed by atoms with Crippen molar-refractivity contribution >= 4 is 46.0 Å². The monoisotopic (exact) mass is 788 g/mol. The van der Waals surface area contributed by atoms with Crippen molar-refractivity contribution in [3.63, 3.8) is 0 Å². The Hall–Kier alpha value is -5.69. The first kappa shape index (κ1) is 39.0. The van der Waals surface area contributed by atoms with Crippen molar-refractivity contribution < 1.29 is 36.6 Å². The first-order valence-electron chi connectivity index (χ1n) is 16.9. The molecule has 4 heterocycles. The largest absolute Gasteiger partial charge is 0.504 e. The van der Waals surface area contributed by atoms with Crippen LogP contribution >= 0.6 is 11.6 Å². The van der Waals surface area contributed by atoms with Gasteiger partial charge in [0.2, 0.25) is 11.3 Å². The van der Waals surface area contributed by atoms with E-state index in [1.807, 2.05) is 0 Å². The molecule has 55 heavy (non-hydrogen) atoms. The summed E-state index contributed by atoms with van der Waals surface area (Å²) in [6.45, 7) is 3.25. The van der Waals surface area contributed by atoms with Gasteiger partial charge in [-0.2, -0.15) is 13.2 Å². The van der Waals surface area contributed by atoms with Crippen molar-refractivity contribution in [1.82, 2.24) is 39.3 Å². The van der Waals surface area contributed by atoms with Crippen molar-refractivity contribution in [2.45, 2.75) is 39.5 Å². The molecule has 1 aliphatic rings. The molecule has 1 fully saturated rings. The van der Waals surface area contributed by atoms with Crippen molar-refractivity contribution in [2.24, 2.45) is 0 Å². The molecule has 14 nitrogen and oxygen atoms in total. The Morgan fingerprint density at radius 2 is 1.73 bits per heavy atom. The molecule has 0 spiro atoms. The maximum atomic E-state index is 15.5. The number of alkyl halides is 3. The minimum absolute atomic E-state index is 0.0689. The molecule has 2 amide bonds. The Balaban J connectivity index is 1.41. The fourth-order valence-electron chi connectivity index (χ4n) is 6.31. The Bertz CT molecular complexity index is 2370. The summed E-state index contributed by atoms with van der Waals surface area (Å²) in [4.78, 5) is 54.5. The molecule has 20 heteroatoms. The predicted molar refractivity (Wildman–Crippen MR) is 191 cm³/mol. The average Bonchev–Trinajstić information content (AvgIpc) is 3.58. The lowest BCUT2D eigenvalue weighted by molar-refractivity contribution is -0.137. The molecule has 0 atom stereocenters. The van der Waals surface area contributed by atoms with Gasteiger partial charge in [0, 0.05) is 50.0 Å². The molecule has 6 rings (SSSR count). The molecule has 1 aliphatic heterocycles. The maximum absolute atomic E-state index is 15.5. The number of hydrogen-bond acceptors (Lipinski definition) is 10. The van der Waals surface area contributed by atoms with Gasteiger partial charge in [0.1, 0.15) is 30.1 Å². The normalized spacial score (nSPS) is 13.6. The third-order valence-corrected chi connectivity index (χ3v) is 9.31. The summed E-state index contributed by atoms with van der Waals surface area (Å²) >= 11 is 6.10. The number of hydrogen-bond donors (Lipinski definition) is 2. The molecule has 0 radical (unpaired) electrons. The molecule has 290 valence electrons. The van der Waals surface area contributed by atoms with Crippen LogP contribution in [-0.2, 0) is 30.5 Å². The number of carbonyl (C=O) groups is 2. The number of aromatic nitrogens is 6. The van der Waals surface area contributed by atoms with Crippen LogP contribution in [0.2, 0.25) is 5.02 Å². The second kappa shape index (κ2) is 15.2. The van der Waals surface area contributed by atoms with E-state index in [4.69, 9.17) is 11.6 Å². The van der Waals surface area contributed by atoms with Crippen LogP contribution < -0.4 is 15.6 Å². The van der Waals surface area contributed by atoms with E-state index in [1.165, 1.54) is 16.4 Å². The van der Waals surface area contributed by atoms with Crippen molar-refractivity contribution in [2.75, 3.05) is 50.5 Å². The van der Waals surface area contributed by atoms with Gasteiger partial charge < -0.3 is 29.7 Å². The first-order valence-corrected chi connectivity index (χ1v) is 17.2. The smallest absolute Gasteiger partial charge is 0.416 e. The minimum atomic E-state index is -4.67. The number of nitrogens with zero attached hydrogens (tertiary/aromatic N) is 9. The van der Waals surface area contributed by atoms with E-state index in [-0.39, 0.29) is 89.4 Å². The molecule has 2 N–H and O–H groups in total. The third-order valence-electron chi connectivity index (χ3n) is 9.00. The number of benzene rings is 2. The van der Waals surface area contributed by atoms with Crippen LogP contribution in [0.3, 0.4) is 0 Å². The lowest BCUT2D eigenvalue weighted by atomic mass is 10.1. The number of nitrogens with one attached hydrogen (secondary N) is 1. The highest BCUT2D eigenvalue weighted by atomic mass is 35.5. The predicted octanol–water partition coefficient (Wildman–Crippen LogP) is 4.56. The summed E-state index contributed by atoms with van der Waals surface area (Å²) in [6, 6.07) is 4.34. The number of carbonyl (C=O) groups excluding carboxylic acids is 2. The number of anilines is 2. The van der Waals surface area contributed by atoms with Gasteiger partial charge in [-0.25, -0.2) is 18.7 Å². The van der Waals surface area contributed by atoms with E-state index >= 15 is 8.78 Å². The van der Waals surface area contributed by atoms with E-state index < -0.39 is 52.8 Å². The number of piperazine rings is 1. The zero-order chi connectivity index (χ0) is 39.9. The van der Waals surface area contributed by atoms with Crippen LogP contribution in [0, 0.1) is 18.6 Å². The lowest BCUT2D eigenvalue weighted by Crippen LogP contribution is -2.50. The molecule has 3 aromatic heterocycles. The number of aromatic hydroxyl groups is 1. The van der Waals surface area contributed by atoms with Crippen LogP contribution in [-0.4, -0.2) is 96.5 Å². The summed E-state index contributed by atoms with van der Waals surface area (Å²) in [5.74, 6) is -3.28. The summed E-state index contributed by atoms with van der Waals surface area (Å²) < 4.78 is 71.7. The Morgan fingerprint density at radius 1 is 1.02 bits per heavy atom. The van der Waals surface area contributed by atoms with E-state index in [0.717, 1.165) is 35.4 Å². The Labute approximate surface area is 314 Å². The van der Waals surface area contributed by atoms with Gasteiger partial charge in [-0.3, -0.25) is 14.4 Å². The number of fused-ring (bicyclic) bond motifs is 1. The van der Waals surface area contributed by atoms with Crippen molar-refractivity contribution in [3.05, 3.63) is 91.7 Å². The van der Waals surface area contributed by atoms with E-state index in [0.29, 0.717) is 11.8 Å². The SMILES string of the molecule is CCc1c(N2CCN(C(=O)c3ncnc(C)c3O)CC2)c(=O)c2nn(-c3cc(F)c(CN(C)C)cc3F)nc2n1CC(=O)Nc1ccc(C(F)(F)F)cc1Cl. The zero-order valence-electron chi connectivity index (χ0n) is 29.9. The quantitative estimate of drug-likeness (QED) is 0.203. The summed E-state index contributed by atoms with van der Waals surface area (Å²) in [5.41, 5.74) is -2.07. The number of aryl methyl sites for hydroxylation is 1.